The van der Waals surface area contributed by atoms with E-state index in [1.54, 1.807) is 30.5 Å². The van der Waals surface area contributed by atoms with Crippen molar-refractivity contribution in [1.82, 2.24) is 9.97 Å². The second-order valence-corrected chi connectivity index (χ2v) is 8.03. The van der Waals surface area contributed by atoms with Crippen molar-refractivity contribution in [2.45, 2.75) is 0 Å². The summed E-state index contributed by atoms with van der Waals surface area (Å²) in [6, 6.07) is 16.5. The summed E-state index contributed by atoms with van der Waals surface area (Å²) in [5.41, 5.74) is 1.86. The maximum absolute atomic E-state index is 11.5. The van der Waals surface area contributed by atoms with Gasteiger partial charge in [-0.25, -0.2) is 13.4 Å². The summed E-state index contributed by atoms with van der Waals surface area (Å²) in [6.45, 7) is 0. The molecule has 7 nitrogen and oxygen atoms in total. The number of rotatable bonds is 6. The van der Waals surface area contributed by atoms with Crippen LogP contribution in [0.1, 0.15) is 0 Å². The molecule has 26 heavy (non-hydrogen) atoms. The molecule has 3 N–H and O–H groups in total. The number of halogens is 1. The summed E-state index contributed by atoms with van der Waals surface area (Å²) < 4.78 is 26.2. The molecule has 2 aromatic carbocycles. The highest BCUT2D eigenvalue weighted by Crippen LogP contribution is 2.29. The highest BCUT2D eigenvalue weighted by atomic mass is 79.9. The van der Waals surface area contributed by atoms with Gasteiger partial charge in [0.05, 0.1) is 22.1 Å². The maximum Gasteiger partial charge on any atom is 0.229 e. The molecule has 0 spiro atoms. The molecule has 0 bridgehead atoms. The fourth-order valence-electron chi connectivity index (χ4n) is 2.17. The zero-order valence-corrected chi connectivity index (χ0v) is 16.2. The Morgan fingerprint density at radius 2 is 1.58 bits per heavy atom. The number of hydrogen-bond acceptors (Lipinski definition) is 6. The number of nitrogens with zero attached hydrogens (tertiary/aromatic N) is 2. The van der Waals surface area contributed by atoms with Crippen LogP contribution in [0.3, 0.4) is 0 Å². The molecule has 0 aliphatic heterocycles. The predicted octanol–water partition coefficient (Wildman–Crippen LogP) is 4.10. The first-order chi connectivity index (χ1) is 12.4. The molecule has 134 valence electrons. The number of sulfonamides is 1. The van der Waals surface area contributed by atoms with Gasteiger partial charge in [0.1, 0.15) is 5.82 Å². The molecule has 0 unspecified atom stereocenters. The molecule has 0 aliphatic rings. The lowest BCUT2D eigenvalue weighted by molar-refractivity contribution is 0.607. The molecule has 3 rings (SSSR count). The third kappa shape index (κ3) is 4.93. The van der Waals surface area contributed by atoms with Crippen LogP contribution < -0.4 is 15.4 Å². The Kier molecular flexibility index (Phi) is 5.38. The second kappa shape index (κ2) is 7.71. The molecule has 9 heteroatoms. The molecule has 0 atom stereocenters. The van der Waals surface area contributed by atoms with Crippen molar-refractivity contribution in [3.63, 3.8) is 0 Å². The van der Waals surface area contributed by atoms with Gasteiger partial charge in [0.2, 0.25) is 16.0 Å². The zero-order valence-electron chi connectivity index (χ0n) is 13.8. The summed E-state index contributed by atoms with van der Waals surface area (Å²) in [6.07, 6.45) is 2.72. The highest BCUT2D eigenvalue weighted by Gasteiger charge is 2.11. The summed E-state index contributed by atoms with van der Waals surface area (Å²) in [5.74, 6) is 0.914. The molecule has 0 saturated heterocycles. The lowest BCUT2D eigenvalue weighted by Crippen LogP contribution is -2.11. The largest absolute Gasteiger partial charge is 0.337 e. The monoisotopic (exact) mass is 433 g/mol. The van der Waals surface area contributed by atoms with Crippen LogP contribution in [0.2, 0.25) is 0 Å². The van der Waals surface area contributed by atoms with E-state index >= 15 is 0 Å². The normalized spacial score (nSPS) is 11.0. The molecule has 0 fully saturated rings. The van der Waals surface area contributed by atoms with Gasteiger partial charge in [0, 0.05) is 11.9 Å². The van der Waals surface area contributed by atoms with Gasteiger partial charge in [-0.05, 0) is 40.2 Å². The van der Waals surface area contributed by atoms with Crippen LogP contribution in [-0.4, -0.2) is 24.6 Å². The Balaban J connectivity index is 1.87. The lowest BCUT2D eigenvalue weighted by Gasteiger charge is -2.14. The average molecular weight is 434 g/mol. The topological polar surface area (TPSA) is 96.0 Å². The van der Waals surface area contributed by atoms with E-state index in [0.29, 0.717) is 27.6 Å². The fraction of sp³-hybridized carbons (Fsp3) is 0.0588. The van der Waals surface area contributed by atoms with E-state index in [1.165, 1.54) is 0 Å². The van der Waals surface area contributed by atoms with Gasteiger partial charge in [-0.1, -0.05) is 30.3 Å². The van der Waals surface area contributed by atoms with Crippen LogP contribution >= 0.6 is 15.9 Å². The molecule has 0 aliphatic carbocycles. The first-order valence-corrected chi connectivity index (χ1v) is 10.3. The van der Waals surface area contributed by atoms with Gasteiger partial charge >= 0.3 is 0 Å². The van der Waals surface area contributed by atoms with Crippen LogP contribution in [0.15, 0.2) is 65.3 Å². The first kappa shape index (κ1) is 18.2. The number of aromatic nitrogens is 2. The van der Waals surface area contributed by atoms with E-state index in [9.17, 15) is 8.42 Å². The summed E-state index contributed by atoms with van der Waals surface area (Å²) >= 11 is 3.41. The quantitative estimate of drug-likeness (QED) is 0.541. The summed E-state index contributed by atoms with van der Waals surface area (Å²) in [7, 11) is -3.40. The van der Waals surface area contributed by atoms with Crippen molar-refractivity contribution in [1.29, 1.82) is 0 Å². The molecule has 0 amide bonds. The number of nitrogens with one attached hydrogen (secondary N) is 3. The van der Waals surface area contributed by atoms with Crippen LogP contribution in [0.25, 0.3) is 0 Å². The van der Waals surface area contributed by atoms with E-state index in [4.69, 9.17) is 0 Å². The lowest BCUT2D eigenvalue weighted by atomic mass is 10.2. The standard InChI is InChI=1S/C17H16BrN5O2S/c1-26(24,25)23-15-10-6-5-9-14(15)21-16-13(18)11-19-17(22-16)20-12-7-3-2-4-8-12/h2-11,23H,1H3,(H2,19,20,21,22). The summed E-state index contributed by atoms with van der Waals surface area (Å²) in [5, 5.41) is 6.24. The Morgan fingerprint density at radius 3 is 2.27 bits per heavy atom. The Morgan fingerprint density at radius 1 is 0.923 bits per heavy atom. The summed E-state index contributed by atoms with van der Waals surface area (Å²) in [4.78, 5) is 8.68. The molecule has 1 heterocycles. The highest BCUT2D eigenvalue weighted by molar-refractivity contribution is 9.10. The van der Waals surface area contributed by atoms with Crippen LogP contribution in [-0.2, 0) is 10.0 Å². The van der Waals surface area contributed by atoms with Crippen molar-refractivity contribution >= 4 is 54.8 Å². The van der Waals surface area contributed by atoms with Crippen molar-refractivity contribution in [3.05, 3.63) is 65.3 Å². The second-order valence-electron chi connectivity index (χ2n) is 5.43. The van der Waals surface area contributed by atoms with Gasteiger partial charge < -0.3 is 10.6 Å². The van der Waals surface area contributed by atoms with Crippen molar-refractivity contribution in [2.75, 3.05) is 21.6 Å². The number of hydrogen-bond donors (Lipinski definition) is 3. The molecule has 0 radical (unpaired) electrons. The van der Waals surface area contributed by atoms with Gasteiger partial charge in [0.25, 0.3) is 0 Å². The van der Waals surface area contributed by atoms with E-state index in [-0.39, 0.29) is 0 Å². The Labute approximate surface area is 160 Å². The van der Waals surface area contributed by atoms with Gasteiger partial charge in [-0.2, -0.15) is 4.98 Å². The minimum Gasteiger partial charge on any atom is -0.337 e. The minimum atomic E-state index is -3.40. The van der Waals surface area contributed by atoms with Gasteiger partial charge in [0.15, 0.2) is 0 Å². The smallest absolute Gasteiger partial charge is 0.229 e. The van der Waals surface area contributed by atoms with Crippen LogP contribution in [0.4, 0.5) is 28.8 Å². The molecule has 0 saturated carbocycles. The predicted molar refractivity (Wildman–Crippen MR) is 108 cm³/mol. The van der Waals surface area contributed by atoms with Crippen LogP contribution in [0.5, 0.6) is 0 Å². The third-order valence-corrected chi connectivity index (χ3v) is 4.42. The minimum absolute atomic E-state index is 0.412. The Hall–Kier alpha value is -2.65. The SMILES string of the molecule is CS(=O)(=O)Nc1ccccc1Nc1nc(Nc2ccccc2)ncc1Br. The molecular formula is C17H16BrN5O2S. The Bertz CT molecular complexity index is 1010. The number of benzene rings is 2. The maximum atomic E-state index is 11.5. The van der Waals surface area contributed by atoms with Crippen molar-refractivity contribution < 1.29 is 8.42 Å². The van der Waals surface area contributed by atoms with Crippen LogP contribution in [0, 0.1) is 0 Å². The average Bonchev–Trinajstić information content (AvgIpc) is 2.59. The molecule has 3 aromatic rings. The van der Waals surface area contributed by atoms with Gasteiger partial charge in [-0.3, -0.25) is 4.72 Å². The number of para-hydroxylation sites is 3. The zero-order chi connectivity index (χ0) is 18.6. The van der Waals surface area contributed by atoms with Crippen molar-refractivity contribution in [3.8, 4) is 0 Å². The van der Waals surface area contributed by atoms with Crippen molar-refractivity contribution in [2.24, 2.45) is 0 Å². The van der Waals surface area contributed by atoms with E-state index in [1.807, 2.05) is 30.3 Å². The number of anilines is 5. The fourth-order valence-corrected chi connectivity index (χ4v) is 3.04. The van der Waals surface area contributed by atoms with E-state index in [2.05, 4.69) is 41.3 Å². The first-order valence-electron chi connectivity index (χ1n) is 7.59. The van der Waals surface area contributed by atoms with Gasteiger partial charge in [-0.15, -0.1) is 0 Å². The molecule has 1 aromatic heterocycles. The van der Waals surface area contributed by atoms with E-state index in [0.717, 1.165) is 11.9 Å². The third-order valence-electron chi connectivity index (χ3n) is 3.25. The van der Waals surface area contributed by atoms with E-state index < -0.39 is 10.0 Å². The molecular weight excluding hydrogens is 418 g/mol.